The van der Waals surface area contributed by atoms with Gasteiger partial charge in [0.15, 0.2) is 5.69 Å². The molecule has 5 heteroatoms. The van der Waals surface area contributed by atoms with Crippen molar-refractivity contribution < 1.29 is 4.79 Å². The molecule has 0 N–H and O–H groups in total. The second-order valence-electron chi connectivity index (χ2n) is 5.82. The molecule has 0 bridgehead atoms. The molecule has 0 spiro atoms. The summed E-state index contributed by atoms with van der Waals surface area (Å²) < 4.78 is 1.98. The maximum Gasteiger partial charge on any atom is 0.274 e. The minimum absolute atomic E-state index is 0.00874. The molecule has 3 rings (SSSR count). The second-order valence-corrected chi connectivity index (χ2v) is 5.82. The lowest BCUT2D eigenvalue weighted by Crippen LogP contribution is -2.31. The van der Waals surface area contributed by atoms with Gasteiger partial charge in [0.2, 0.25) is 0 Å². The van der Waals surface area contributed by atoms with Crippen LogP contribution in [0.15, 0.2) is 30.6 Å². The average molecular weight is 298 g/mol. The van der Waals surface area contributed by atoms with Gasteiger partial charge < -0.3 is 4.90 Å². The van der Waals surface area contributed by atoms with E-state index in [1.165, 1.54) is 12.1 Å². The highest BCUT2D eigenvalue weighted by atomic mass is 16.2. The molecule has 0 radical (unpaired) electrons. The summed E-state index contributed by atoms with van der Waals surface area (Å²) >= 11 is 0. The molecule has 2 aromatic heterocycles. The molecule has 0 fully saturated rings. The Kier molecular flexibility index (Phi) is 4.22. The third kappa shape index (κ3) is 2.75. The van der Waals surface area contributed by atoms with Crippen LogP contribution in [0.1, 0.15) is 54.0 Å². The van der Waals surface area contributed by atoms with Gasteiger partial charge in [-0.1, -0.05) is 6.92 Å². The monoisotopic (exact) mass is 298 g/mol. The predicted octanol–water partition coefficient (Wildman–Crippen LogP) is 2.84. The zero-order valence-corrected chi connectivity index (χ0v) is 13.2. The number of hydrogen-bond acceptors (Lipinski definition) is 3. The molecular weight excluding hydrogens is 276 g/mol. The highest BCUT2D eigenvalue weighted by Crippen LogP contribution is 2.24. The average Bonchev–Trinajstić information content (AvgIpc) is 2.99. The number of amides is 1. The predicted molar refractivity (Wildman–Crippen MR) is 84.5 cm³/mol. The van der Waals surface area contributed by atoms with Crippen molar-refractivity contribution >= 4 is 5.91 Å². The van der Waals surface area contributed by atoms with Crippen molar-refractivity contribution in [1.82, 2.24) is 19.7 Å². The molecule has 1 unspecified atom stereocenters. The first-order valence-corrected chi connectivity index (χ1v) is 7.94. The largest absolute Gasteiger partial charge is 0.333 e. The summed E-state index contributed by atoms with van der Waals surface area (Å²) in [6, 6.07) is 5.94. The summed E-state index contributed by atoms with van der Waals surface area (Å²) in [4.78, 5) is 18.6. The van der Waals surface area contributed by atoms with Crippen LogP contribution in [0.3, 0.4) is 0 Å². The van der Waals surface area contributed by atoms with Gasteiger partial charge in [0.05, 0.1) is 6.04 Å². The van der Waals surface area contributed by atoms with Crippen molar-refractivity contribution in [2.24, 2.45) is 0 Å². The minimum atomic E-state index is -0.00874. The molecule has 0 saturated carbocycles. The van der Waals surface area contributed by atoms with Crippen molar-refractivity contribution in [1.29, 1.82) is 0 Å². The fourth-order valence-corrected chi connectivity index (χ4v) is 3.16. The number of aryl methyl sites for hydroxylation is 2. The van der Waals surface area contributed by atoms with Gasteiger partial charge in [0.25, 0.3) is 5.91 Å². The molecule has 0 aliphatic carbocycles. The maximum absolute atomic E-state index is 12.8. The topological polar surface area (TPSA) is 51.0 Å². The van der Waals surface area contributed by atoms with Crippen LogP contribution >= 0.6 is 0 Å². The van der Waals surface area contributed by atoms with Crippen molar-refractivity contribution in [2.45, 2.75) is 45.2 Å². The SMILES string of the molecule is CCC(c1ccncc1)N(C)C(=O)c1cc2n(n1)CCCC2. The molecule has 116 valence electrons. The van der Waals surface area contributed by atoms with Crippen LogP contribution in [0, 0.1) is 0 Å². The van der Waals surface area contributed by atoms with Crippen LogP contribution < -0.4 is 0 Å². The van der Waals surface area contributed by atoms with Crippen LogP contribution in [-0.2, 0) is 13.0 Å². The van der Waals surface area contributed by atoms with Crippen LogP contribution in [0.2, 0.25) is 0 Å². The number of pyridine rings is 1. The molecule has 3 heterocycles. The molecule has 1 aliphatic heterocycles. The van der Waals surface area contributed by atoms with Crippen LogP contribution in [-0.4, -0.2) is 32.6 Å². The van der Waals surface area contributed by atoms with Crippen molar-refractivity contribution in [2.75, 3.05) is 7.05 Å². The summed E-state index contributed by atoms with van der Waals surface area (Å²) in [6.45, 7) is 3.01. The lowest BCUT2D eigenvalue weighted by molar-refractivity contribution is 0.0719. The zero-order valence-electron chi connectivity index (χ0n) is 13.2. The normalized spacial score (nSPS) is 15.2. The van der Waals surface area contributed by atoms with E-state index in [0.717, 1.165) is 31.4 Å². The fraction of sp³-hybridized carbons (Fsp3) is 0.471. The lowest BCUT2D eigenvalue weighted by Gasteiger charge is -2.27. The van der Waals surface area contributed by atoms with E-state index in [1.807, 2.05) is 29.9 Å². The Morgan fingerprint density at radius 3 is 2.82 bits per heavy atom. The van der Waals surface area contributed by atoms with Gasteiger partial charge in [-0.15, -0.1) is 0 Å². The Bertz CT molecular complexity index is 626. The molecule has 1 amide bonds. The fourth-order valence-electron chi connectivity index (χ4n) is 3.16. The first kappa shape index (κ1) is 14.8. The summed E-state index contributed by atoms with van der Waals surface area (Å²) in [7, 11) is 1.86. The van der Waals surface area contributed by atoms with Crippen molar-refractivity contribution in [3.8, 4) is 0 Å². The van der Waals surface area contributed by atoms with Crippen LogP contribution in [0.5, 0.6) is 0 Å². The van der Waals surface area contributed by atoms with Gasteiger partial charge in [-0.2, -0.15) is 5.10 Å². The molecule has 0 saturated heterocycles. The number of nitrogens with zero attached hydrogens (tertiary/aromatic N) is 4. The van der Waals surface area contributed by atoms with E-state index in [1.54, 1.807) is 17.3 Å². The number of aromatic nitrogens is 3. The Balaban J connectivity index is 1.82. The van der Waals surface area contributed by atoms with Crippen molar-refractivity contribution in [3.63, 3.8) is 0 Å². The first-order chi connectivity index (χ1) is 10.7. The smallest absolute Gasteiger partial charge is 0.274 e. The number of hydrogen-bond donors (Lipinski definition) is 0. The maximum atomic E-state index is 12.8. The summed E-state index contributed by atoms with van der Waals surface area (Å²) in [5.41, 5.74) is 2.85. The molecule has 22 heavy (non-hydrogen) atoms. The molecule has 5 nitrogen and oxygen atoms in total. The molecule has 0 aromatic carbocycles. The van der Waals surface area contributed by atoms with Gasteiger partial charge in [-0.3, -0.25) is 14.5 Å². The first-order valence-electron chi connectivity index (χ1n) is 7.94. The Hall–Kier alpha value is -2.17. The number of carbonyl (C=O) groups is 1. The van der Waals surface area contributed by atoms with E-state index >= 15 is 0 Å². The van der Waals surface area contributed by atoms with E-state index in [9.17, 15) is 4.79 Å². The summed E-state index contributed by atoms with van der Waals surface area (Å²) in [6.07, 6.45) is 7.75. The quantitative estimate of drug-likeness (QED) is 0.872. The van der Waals surface area contributed by atoms with E-state index in [4.69, 9.17) is 0 Å². The molecule has 2 aromatic rings. The molecule has 1 aliphatic rings. The number of carbonyl (C=O) groups excluding carboxylic acids is 1. The van der Waals surface area contributed by atoms with E-state index in [0.29, 0.717) is 5.69 Å². The minimum Gasteiger partial charge on any atom is -0.333 e. The second kappa shape index (κ2) is 6.30. The van der Waals surface area contributed by atoms with Crippen LogP contribution in [0.25, 0.3) is 0 Å². The highest BCUT2D eigenvalue weighted by Gasteiger charge is 2.24. The van der Waals surface area contributed by atoms with E-state index in [2.05, 4.69) is 17.0 Å². The molecule has 1 atom stereocenters. The lowest BCUT2D eigenvalue weighted by atomic mass is 10.0. The standard InChI is InChI=1S/C17H22N4O/c1-3-16(13-7-9-18-10-8-13)20(2)17(22)15-12-14-6-4-5-11-21(14)19-15/h7-10,12,16H,3-6,11H2,1-2H3. The van der Waals surface area contributed by atoms with Gasteiger partial charge >= 0.3 is 0 Å². The van der Waals surface area contributed by atoms with E-state index in [-0.39, 0.29) is 11.9 Å². The number of fused-ring (bicyclic) bond motifs is 1. The van der Waals surface area contributed by atoms with Gasteiger partial charge in [0.1, 0.15) is 0 Å². The zero-order chi connectivity index (χ0) is 15.5. The Labute approximate surface area is 131 Å². The third-order valence-electron chi connectivity index (χ3n) is 4.40. The van der Waals surface area contributed by atoms with E-state index < -0.39 is 0 Å². The summed E-state index contributed by atoms with van der Waals surface area (Å²) in [5.74, 6) is -0.00874. The van der Waals surface area contributed by atoms with Gasteiger partial charge in [-0.25, -0.2) is 0 Å². The molecular formula is C17H22N4O. The number of rotatable bonds is 4. The van der Waals surface area contributed by atoms with Gasteiger partial charge in [-0.05, 0) is 49.4 Å². The summed E-state index contributed by atoms with van der Waals surface area (Å²) in [5, 5.41) is 4.50. The Morgan fingerprint density at radius 2 is 2.14 bits per heavy atom. The Morgan fingerprint density at radius 1 is 1.36 bits per heavy atom. The third-order valence-corrected chi connectivity index (χ3v) is 4.40. The van der Waals surface area contributed by atoms with Gasteiger partial charge in [0, 0.05) is 31.7 Å². The van der Waals surface area contributed by atoms with Crippen molar-refractivity contribution in [3.05, 3.63) is 47.5 Å². The van der Waals surface area contributed by atoms with Crippen LogP contribution in [0.4, 0.5) is 0 Å². The highest BCUT2D eigenvalue weighted by molar-refractivity contribution is 5.92.